The maximum Gasteiger partial charge on any atom is 0.113 e. The third-order valence-electron chi connectivity index (χ3n) is 4.13. The van der Waals surface area contributed by atoms with Crippen molar-refractivity contribution in [1.82, 2.24) is 0 Å². The van der Waals surface area contributed by atoms with Crippen LogP contribution in [0.25, 0.3) is 0 Å². The lowest BCUT2D eigenvalue weighted by molar-refractivity contribution is 0.224. The minimum Gasteiger partial charge on any atom is -0.383 e. The van der Waals surface area contributed by atoms with Crippen molar-refractivity contribution < 1.29 is 5.11 Å². The van der Waals surface area contributed by atoms with Crippen LogP contribution in [0.2, 0.25) is 0 Å². The van der Waals surface area contributed by atoms with Gasteiger partial charge in [-0.1, -0.05) is 18.2 Å². The maximum atomic E-state index is 10.6. The molecule has 1 aliphatic carbocycles. The number of aryl methyl sites for hydroxylation is 4. The van der Waals surface area contributed by atoms with Crippen molar-refractivity contribution in [2.45, 2.75) is 45.6 Å². The summed E-state index contributed by atoms with van der Waals surface area (Å²) < 4.78 is 0. The van der Waals surface area contributed by atoms with Crippen LogP contribution in [0.5, 0.6) is 0 Å². The van der Waals surface area contributed by atoms with Crippen LogP contribution >= 0.6 is 11.3 Å². The van der Waals surface area contributed by atoms with Gasteiger partial charge in [0.1, 0.15) is 6.10 Å². The Balaban J connectivity index is 1.92. The SMILES string of the molecule is Cc1ccc(C(O)c2cc3c(s2)CCCC3)cc1C. The third kappa shape index (κ3) is 2.47. The Hall–Kier alpha value is -1.12. The molecule has 0 saturated carbocycles. The maximum absolute atomic E-state index is 10.6. The second-order valence-corrected chi connectivity index (χ2v) is 6.72. The number of rotatable bonds is 2. The van der Waals surface area contributed by atoms with E-state index >= 15 is 0 Å². The highest BCUT2D eigenvalue weighted by atomic mass is 32.1. The van der Waals surface area contributed by atoms with Crippen molar-refractivity contribution in [3.63, 3.8) is 0 Å². The molecule has 1 unspecified atom stereocenters. The van der Waals surface area contributed by atoms with Gasteiger partial charge in [-0.25, -0.2) is 0 Å². The molecule has 0 bridgehead atoms. The minimum atomic E-state index is -0.463. The van der Waals surface area contributed by atoms with Crippen molar-refractivity contribution in [3.05, 3.63) is 56.3 Å². The van der Waals surface area contributed by atoms with Gasteiger partial charge < -0.3 is 5.11 Å². The van der Waals surface area contributed by atoms with E-state index in [2.05, 4.69) is 32.0 Å². The van der Waals surface area contributed by atoms with E-state index in [0.717, 1.165) is 10.4 Å². The molecule has 3 rings (SSSR count). The van der Waals surface area contributed by atoms with Crippen molar-refractivity contribution >= 4 is 11.3 Å². The molecule has 1 aromatic carbocycles. The van der Waals surface area contributed by atoms with Crippen LogP contribution in [0, 0.1) is 13.8 Å². The van der Waals surface area contributed by atoms with Gasteiger partial charge in [0.05, 0.1) is 0 Å². The molecule has 2 heteroatoms. The quantitative estimate of drug-likeness (QED) is 0.863. The summed E-state index contributed by atoms with van der Waals surface area (Å²) in [7, 11) is 0. The summed E-state index contributed by atoms with van der Waals surface area (Å²) in [6, 6.07) is 8.48. The minimum absolute atomic E-state index is 0.463. The molecule has 0 amide bonds. The van der Waals surface area contributed by atoms with Gasteiger partial charge in [-0.05, 0) is 67.9 Å². The van der Waals surface area contributed by atoms with Gasteiger partial charge in [0.25, 0.3) is 0 Å². The van der Waals surface area contributed by atoms with Gasteiger partial charge in [0.15, 0.2) is 0 Å². The zero-order valence-electron chi connectivity index (χ0n) is 11.6. The topological polar surface area (TPSA) is 20.2 Å². The molecule has 0 spiro atoms. The lowest BCUT2D eigenvalue weighted by atomic mass is 9.97. The number of hydrogen-bond donors (Lipinski definition) is 1. The molecule has 1 N–H and O–H groups in total. The Bertz CT molecular complexity index is 574. The Morgan fingerprint density at radius 1 is 1.05 bits per heavy atom. The van der Waals surface area contributed by atoms with Crippen molar-refractivity contribution in [2.24, 2.45) is 0 Å². The summed E-state index contributed by atoms with van der Waals surface area (Å²) in [5.41, 5.74) is 5.01. The van der Waals surface area contributed by atoms with Gasteiger partial charge in [-0.3, -0.25) is 0 Å². The highest BCUT2D eigenvalue weighted by molar-refractivity contribution is 7.12. The van der Waals surface area contributed by atoms with Gasteiger partial charge in [-0.2, -0.15) is 0 Å². The van der Waals surface area contributed by atoms with E-state index in [0.29, 0.717) is 0 Å². The molecule has 0 saturated heterocycles. The molecule has 100 valence electrons. The van der Waals surface area contributed by atoms with E-state index in [4.69, 9.17) is 0 Å². The molecule has 1 aliphatic rings. The average molecular weight is 272 g/mol. The van der Waals surface area contributed by atoms with Crippen LogP contribution in [-0.4, -0.2) is 5.11 Å². The fourth-order valence-corrected chi connectivity index (χ4v) is 4.02. The summed E-state index contributed by atoms with van der Waals surface area (Å²) >= 11 is 1.80. The molecule has 1 nitrogen and oxygen atoms in total. The molecule has 1 atom stereocenters. The Morgan fingerprint density at radius 3 is 2.58 bits per heavy atom. The van der Waals surface area contributed by atoms with Crippen molar-refractivity contribution in [2.75, 3.05) is 0 Å². The number of hydrogen-bond acceptors (Lipinski definition) is 2. The molecule has 2 aromatic rings. The monoisotopic (exact) mass is 272 g/mol. The number of benzene rings is 1. The standard InChI is InChI=1S/C17H20OS/c1-11-7-8-14(9-12(11)2)17(18)16-10-13-5-3-4-6-15(13)19-16/h7-10,17-18H,3-6H2,1-2H3. The van der Waals surface area contributed by atoms with Crippen molar-refractivity contribution in [3.8, 4) is 0 Å². The van der Waals surface area contributed by atoms with Gasteiger partial charge in [0.2, 0.25) is 0 Å². The Morgan fingerprint density at radius 2 is 1.84 bits per heavy atom. The van der Waals surface area contributed by atoms with E-state index in [1.54, 1.807) is 11.3 Å². The first-order valence-electron chi connectivity index (χ1n) is 7.02. The van der Waals surface area contributed by atoms with Crippen LogP contribution in [0.3, 0.4) is 0 Å². The lowest BCUT2D eigenvalue weighted by Gasteiger charge is -2.11. The van der Waals surface area contributed by atoms with E-state index in [1.165, 1.54) is 47.3 Å². The second kappa shape index (κ2) is 5.10. The molecular formula is C17H20OS. The van der Waals surface area contributed by atoms with Gasteiger partial charge >= 0.3 is 0 Å². The number of aliphatic hydroxyl groups is 1. The summed E-state index contributed by atoms with van der Waals surface area (Å²) in [5, 5.41) is 10.6. The van der Waals surface area contributed by atoms with Crippen LogP contribution in [0.1, 0.15) is 51.0 Å². The number of fused-ring (bicyclic) bond motifs is 1. The normalized spacial score (nSPS) is 16.2. The molecule has 0 fully saturated rings. The van der Waals surface area contributed by atoms with Gasteiger partial charge in [-0.15, -0.1) is 11.3 Å². The molecule has 0 aliphatic heterocycles. The summed E-state index contributed by atoms with van der Waals surface area (Å²) in [6.45, 7) is 4.21. The largest absolute Gasteiger partial charge is 0.383 e. The van der Waals surface area contributed by atoms with E-state index < -0.39 is 6.10 Å². The first kappa shape index (κ1) is 12.9. The fraction of sp³-hybridized carbons (Fsp3) is 0.412. The Labute approximate surface area is 118 Å². The number of thiophene rings is 1. The molecule has 19 heavy (non-hydrogen) atoms. The zero-order valence-corrected chi connectivity index (χ0v) is 12.4. The van der Waals surface area contributed by atoms with Gasteiger partial charge in [0, 0.05) is 9.75 Å². The lowest BCUT2D eigenvalue weighted by Crippen LogP contribution is -1.98. The number of aliphatic hydroxyl groups excluding tert-OH is 1. The molecule has 1 heterocycles. The summed E-state index contributed by atoms with van der Waals surface area (Å²) in [5.74, 6) is 0. The van der Waals surface area contributed by atoms with Crippen LogP contribution in [0.15, 0.2) is 24.3 Å². The first-order valence-corrected chi connectivity index (χ1v) is 7.83. The highest BCUT2D eigenvalue weighted by Gasteiger charge is 2.19. The van der Waals surface area contributed by atoms with Crippen LogP contribution in [0.4, 0.5) is 0 Å². The van der Waals surface area contributed by atoms with Crippen molar-refractivity contribution in [1.29, 1.82) is 0 Å². The molecular weight excluding hydrogens is 252 g/mol. The van der Waals surface area contributed by atoms with E-state index in [9.17, 15) is 5.11 Å². The molecule has 0 radical (unpaired) electrons. The second-order valence-electron chi connectivity index (χ2n) is 5.55. The van der Waals surface area contributed by atoms with E-state index in [-0.39, 0.29) is 0 Å². The summed E-state index contributed by atoms with van der Waals surface area (Å²) in [6.07, 6.45) is 4.51. The smallest absolute Gasteiger partial charge is 0.113 e. The molecule has 1 aromatic heterocycles. The highest BCUT2D eigenvalue weighted by Crippen LogP contribution is 2.35. The fourth-order valence-electron chi connectivity index (χ4n) is 2.75. The zero-order chi connectivity index (χ0) is 13.4. The first-order chi connectivity index (χ1) is 9.15. The predicted octanol–water partition coefficient (Wildman–Crippen LogP) is 4.33. The predicted molar refractivity (Wildman–Crippen MR) is 80.9 cm³/mol. The van der Waals surface area contributed by atoms with Crippen LogP contribution in [-0.2, 0) is 12.8 Å². The van der Waals surface area contributed by atoms with Crippen LogP contribution < -0.4 is 0 Å². The third-order valence-corrected chi connectivity index (χ3v) is 5.42. The average Bonchev–Trinajstić information content (AvgIpc) is 2.85. The van der Waals surface area contributed by atoms with E-state index in [1.807, 2.05) is 6.07 Å². The summed E-state index contributed by atoms with van der Waals surface area (Å²) in [4.78, 5) is 2.60. The Kier molecular flexibility index (Phi) is 3.46.